The molecule has 0 radical (unpaired) electrons. The molecule has 9 heteroatoms. The summed E-state index contributed by atoms with van der Waals surface area (Å²) in [5.74, 6) is 0.470. The molecular weight excluding hydrogens is 364 g/mol. The van der Waals surface area contributed by atoms with Crippen LogP contribution in [0.4, 0.5) is 5.69 Å². The number of benzene rings is 1. The number of ether oxygens (including phenoxy) is 1. The summed E-state index contributed by atoms with van der Waals surface area (Å²) < 4.78 is 57.7. The van der Waals surface area contributed by atoms with Crippen LogP contribution in [-0.2, 0) is 20.0 Å². The molecule has 1 aliphatic heterocycles. The first-order valence-corrected chi connectivity index (χ1v) is 11.5. The number of unbranched alkanes of at least 4 members (excludes halogenated alkanes) is 1. The Hall–Kier alpha value is -1.32. The van der Waals surface area contributed by atoms with Crippen molar-refractivity contribution in [1.29, 1.82) is 0 Å². The van der Waals surface area contributed by atoms with Gasteiger partial charge in [0.25, 0.3) is 0 Å². The summed E-state index contributed by atoms with van der Waals surface area (Å²) in [6.07, 6.45) is 1.92. The molecular formula is C16H26N2O5S2. The second kappa shape index (κ2) is 7.92. The smallest absolute Gasteiger partial charge is 0.304 e. The minimum Gasteiger partial charge on any atom is -0.497 e. The van der Waals surface area contributed by atoms with Gasteiger partial charge in [-0.3, -0.25) is 4.31 Å². The van der Waals surface area contributed by atoms with Crippen LogP contribution in [0.1, 0.15) is 26.2 Å². The van der Waals surface area contributed by atoms with Gasteiger partial charge in [-0.1, -0.05) is 13.3 Å². The van der Waals surface area contributed by atoms with Crippen molar-refractivity contribution in [2.45, 2.75) is 32.2 Å². The van der Waals surface area contributed by atoms with Gasteiger partial charge < -0.3 is 4.74 Å². The Labute approximate surface area is 150 Å². The highest BCUT2D eigenvalue weighted by Crippen LogP contribution is 2.30. The van der Waals surface area contributed by atoms with Gasteiger partial charge in [-0.2, -0.15) is 12.7 Å². The second-order valence-electron chi connectivity index (χ2n) is 6.23. The van der Waals surface area contributed by atoms with Gasteiger partial charge in [-0.15, -0.1) is 0 Å². The Morgan fingerprint density at radius 3 is 2.36 bits per heavy atom. The SMILES string of the molecule is CCCCN(C)S(=O)(=O)N(c1ccc(OC)cc1)[C@H]1CCS(=O)(=O)C1. The monoisotopic (exact) mass is 390 g/mol. The average molecular weight is 391 g/mol. The van der Waals surface area contributed by atoms with Gasteiger partial charge in [0.2, 0.25) is 0 Å². The van der Waals surface area contributed by atoms with Crippen molar-refractivity contribution in [2.75, 3.05) is 36.5 Å². The summed E-state index contributed by atoms with van der Waals surface area (Å²) in [4.78, 5) is 0. The summed E-state index contributed by atoms with van der Waals surface area (Å²) in [5, 5.41) is 0. The maximum Gasteiger partial charge on any atom is 0.304 e. The Morgan fingerprint density at radius 1 is 1.24 bits per heavy atom. The molecule has 1 atom stereocenters. The minimum absolute atomic E-state index is 0.0124. The standard InChI is InChI=1S/C16H26N2O5S2/c1-4-5-11-17(2)25(21,22)18(15-10-12-24(19,20)13-15)14-6-8-16(23-3)9-7-14/h6-9,15H,4-5,10-13H2,1-3H3/t15-/m0/s1. The van der Waals surface area contributed by atoms with E-state index < -0.39 is 26.1 Å². The summed E-state index contributed by atoms with van der Waals surface area (Å²) in [6.45, 7) is 2.39. The van der Waals surface area contributed by atoms with Gasteiger partial charge in [0.15, 0.2) is 9.84 Å². The molecule has 1 aliphatic rings. The summed E-state index contributed by atoms with van der Waals surface area (Å²) in [5.41, 5.74) is 0.450. The molecule has 0 unspecified atom stereocenters. The average Bonchev–Trinajstić information content (AvgIpc) is 2.92. The molecule has 1 aromatic carbocycles. The fraction of sp³-hybridized carbons (Fsp3) is 0.625. The fourth-order valence-electron chi connectivity index (χ4n) is 2.87. The molecule has 0 spiro atoms. The first kappa shape index (κ1) is 20.0. The molecule has 0 amide bonds. The van der Waals surface area contributed by atoms with E-state index in [1.54, 1.807) is 24.3 Å². The van der Waals surface area contributed by atoms with Crippen molar-refractivity contribution in [3.05, 3.63) is 24.3 Å². The fourth-order valence-corrected chi connectivity index (χ4v) is 6.27. The van der Waals surface area contributed by atoms with Crippen LogP contribution in [0.2, 0.25) is 0 Å². The Morgan fingerprint density at radius 2 is 1.88 bits per heavy atom. The van der Waals surface area contributed by atoms with Crippen LogP contribution in [0.15, 0.2) is 24.3 Å². The van der Waals surface area contributed by atoms with Crippen LogP contribution in [0.5, 0.6) is 5.75 Å². The van der Waals surface area contributed by atoms with E-state index in [-0.39, 0.29) is 11.5 Å². The van der Waals surface area contributed by atoms with Gasteiger partial charge in [0, 0.05) is 13.6 Å². The van der Waals surface area contributed by atoms with Crippen molar-refractivity contribution in [1.82, 2.24) is 4.31 Å². The third kappa shape index (κ3) is 4.65. The highest BCUT2D eigenvalue weighted by molar-refractivity contribution is 7.92. The van der Waals surface area contributed by atoms with Crippen molar-refractivity contribution < 1.29 is 21.6 Å². The van der Waals surface area contributed by atoms with E-state index >= 15 is 0 Å². The second-order valence-corrected chi connectivity index (χ2v) is 10.4. The van der Waals surface area contributed by atoms with Crippen LogP contribution in [-0.4, -0.2) is 59.4 Å². The summed E-state index contributed by atoms with van der Waals surface area (Å²) in [7, 11) is -3.97. The van der Waals surface area contributed by atoms with E-state index in [0.29, 0.717) is 24.4 Å². The Kier molecular flexibility index (Phi) is 6.34. The molecule has 7 nitrogen and oxygen atoms in total. The van der Waals surface area contributed by atoms with Gasteiger partial charge in [-0.25, -0.2) is 8.42 Å². The van der Waals surface area contributed by atoms with E-state index in [1.807, 2.05) is 6.92 Å². The van der Waals surface area contributed by atoms with Crippen LogP contribution in [0.25, 0.3) is 0 Å². The van der Waals surface area contributed by atoms with Crippen molar-refractivity contribution in [2.24, 2.45) is 0 Å². The van der Waals surface area contributed by atoms with Gasteiger partial charge in [-0.05, 0) is 37.1 Å². The first-order valence-electron chi connectivity index (χ1n) is 8.31. The van der Waals surface area contributed by atoms with Crippen molar-refractivity contribution in [3.8, 4) is 5.75 Å². The van der Waals surface area contributed by atoms with E-state index in [9.17, 15) is 16.8 Å². The van der Waals surface area contributed by atoms with E-state index in [2.05, 4.69) is 0 Å². The molecule has 0 bridgehead atoms. The molecule has 0 N–H and O–H groups in total. The number of hydrogen-bond acceptors (Lipinski definition) is 5. The molecule has 142 valence electrons. The zero-order valence-corrected chi connectivity index (χ0v) is 16.5. The van der Waals surface area contributed by atoms with E-state index in [0.717, 1.165) is 12.8 Å². The lowest BCUT2D eigenvalue weighted by Gasteiger charge is -2.33. The van der Waals surface area contributed by atoms with Crippen LogP contribution in [0.3, 0.4) is 0 Å². The predicted octanol–water partition coefficient (Wildman–Crippen LogP) is 1.67. The van der Waals surface area contributed by atoms with E-state index in [4.69, 9.17) is 4.74 Å². The van der Waals surface area contributed by atoms with Crippen LogP contribution in [0, 0.1) is 0 Å². The maximum atomic E-state index is 13.1. The maximum absolute atomic E-state index is 13.1. The van der Waals surface area contributed by atoms with Crippen LogP contribution < -0.4 is 9.04 Å². The van der Waals surface area contributed by atoms with Crippen molar-refractivity contribution in [3.63, 3.8) is 0 Å². The Balaban J connectivity index is 2.41. The van der Waals surface area contributed by atoms with Crippen molar-refractivity contribution >= 4 is 25.7 Å². The number of anilines is 1. The third-order valence-electron chi connectivity index (χ3n) is 4.34. The molecule has 2 rings (SSSR count). The number of hydrogen-bond donors (Lipinski definition) is 0. The van der Waals surface area contributed by atoms with E-state index in [1.165, 1.54) is 22.8 Å². The number of sulfone groups is 1. The topological polar surface area (TPSA) is 84.0 Å². The number of rotatable bonds is 8. The lowest BCUT2D eigenvalue weighted by molar-refractivity contribution is 0.414. The highest BCUT2D eigenvalue weighted by atomic mass is 32.2. The summed E-state index contributed by atoms with van der Waals surface area (Å²) in [6, 6.07) is 6.05. The number of nitrogens with zero attached hydrogens (tertiary/aromatic N) is 2. The quantitative estimate of drug-likeness (QED) is 0.674. The lowest BCUT2D eigenvalue weighted by atomic mass is 10.2. The zero-order chi connectivity index (χ0) is 18.7. The molecule has 1 saturated heterocycles. The molecule has 1 heterocycles. The minimum atomic E-state index is -3.82. The first-order chi connectivity index (χ1) is 11.7. The van der Waals surface area contributed by atoms with Gasteiger partial charge >= 0.3 is 10.2 Å². The largest absolute Gasteiger partial charge is 0.497 e. The third-order valence-corrected chi connectivity index (χ3v) is 8.06. The Bertz CT molecular complexity index is 775. The highest BCUT2D eigenvalue weighted by Gasteiger charge is 2.39. The predicted molar refractivity (Wildman–Crippen MR) is 99.0 cm³/mol. The normalized spacial score (nSPS) is 19.9. The molecule has 25 heavy (non-hydrogen) atoms. The molecule has 1 aromatic rings. The van der Waals surface area contributed by atoms with Gasteiger partial charge in [0.1, 0.15) is 5.75 Å². The molecule has 0 saturated carbocycles. The lowest BCUT2D eigenvalue weighted by Crippen LogP contribution is -2.48. The van der Waals surface area contributed by atoms with Gasteiger partial charge in [0.05, 0.1) is 30.3 Å². The summed E-state index contributed by atoms with van der Waals surface area (Å²) >= 11 is 0. The molecule has 0 aliphatic carbocycles. The zero-order valence-electron chi connectivity index (χ0n) is 14.9. The molecule has 1 fully saturated rings. The molecule has 0 aromatic heterocycles. The number of methoxy groups -OCH3 is 1. The van der Waals surface area contributed by atoms with Crippen LogP contribution >= 0.6 is 0 Å².